The molecule has 1 spiro atoms. The highest BCUT2D eigenvalue weighted by Crippen LogP contribution is 2.57. The molecule has 4 nitrogen and oxygen atoms in total. The van der Waals surface area contributed by atoms with E-state index in [0.29, 0.717) is 5.69 Å². The predicted molar refractivity (Wildman–Crippen MR) is 56.2 cm³/mol. The van der Waals surface area contributed by atoms with Crippen molar-refractivity contribution in [3.63, 3.8) is 0 Å². The van der Waals surface area contributed by atoms with Gasteiger partial charge in [-0.1, -0.05) is 0 Å². The van der Waals surface area contributed by atoms with Crippen LogP contribution in [0.5, 0.6) is 0 Å². The Labute approximate surface area is 87.5 Å². The molecule has 78 valence electrons. The maximum Gasteiger partial charge on any atom is 0.237 e. The normalized spacial score (nSPS) is 20.7. The zero-order valence-electron chi connectivity index (χ0n) is 8.45. The molecule has 0 saturated heterocycles. The number of likely N-dealkylation sites (N-methyl/N-ethyl adjacent to an activating group) is 1. The van der Waals surface area contributed by atoms with E-state index in [0.717, 1.165) is 24.1 Å². The van der Waals surface area contributed by atoms with Gasteiger partial charge in [-0.15, -0.1) is 0 Å². The minimum absolute atomic E-state index is 0.188. The molecule has 1 aliphatic carbocycles. The van der Waals surface area contributed by atoms with Gasteiger partial charge >= 0.3 is 0 Å². The summed E-state index contributed by atoms with van der Waals surface area (Å²) in [6, 6.07) is 5.51. The van der Waals surface area contributed by atoms with Gasteiger partial charge in [0.2, 0.25) is 5.91 Å². The van der Waals surface area contributed by atoms with E-state index in [2.05, 4.69) is 5.48 Å². The zero-order valence-corrected chi connectivity index (χ0v) is 8.45. The number of rotatable bonds is 1. The number of carbonyl (C=O) groups excluding carboxylic acids is 1. The fourth-order valence-corrected chi connectivity index (χ4v) is 2.44. The van der Waals surface area contributed by atoms with Gasteiger partial charge in [-0.05, 0) is 36.6 Å². The highest BCUT2D eigenvalue weighted by Gasteiger charge is 2.58. The van der Waals surface area contributed by atoms with Crippen LogP contribution in [-0.4, -0.2) is 18.2 Å². The van der Waals surface area contributed by atoms with Crippen LogP contribution in [0.4, 0.5) is 11.4 Å². The molecule has 0 bridgehead atoms. The van der Waals surface area contributed by atoms with Crippen LogP contribution in [0.25, 0.3) is 0 Å². The quantitative estimate of drug-likeness (QED) is 0.681. The first-order valence-electron chi connectivity index (χ1n) is 5.02. The van der Waals surface area contributed by atoms with Crippen molar-refractivity contribution < 1.29 is 10.0 Å². The van der Waals surface area contributed by atoms with Crippen LogP contribution in [0.2, 0.25) is 0 Å². The van der Waals surface area contributed by atoms with Crippen molar-refractivity contribution in [3.8, 4) is 0 Å². The average Bonchev–Trinajstić information content (AvgIpc) is 3.04. The lowest BCUT2D eigenvalue weighted by atomic mass is 9.97. The average molecular weight is 204 g/mol. The van der Waals surface area contributed by atoms with E-state index in [1.54, 1.807) is 18.0 Å². The molecule has 15 heavy (non-hydrogen) atoms. The Morgan fingerprint density at radius 2 is 2.20 bits per heavy atom. The Balaban J connectivity index is 2.20. The van der Waals surface area contributed by atoms with Crippen LogP contribution >= 0.6 is 0 Å². The van der Waals surface area contributed by atoms with Gasteiger partial charge in [0.05, 0.1) is 11.1 Å². The summed E-state index contributed by atoms with van der Waals surface area (Å²) >= 11 is 0. The third kappa shape index (κ3) is 0.920. The molecule has 2 aliphatic rings. The third-order valence-electron chi connectivity index (χ3n) is 3.47. The molecule has 1 heterocycles. The van der Waals surface area contributed by atoms with E-state index >= 15 is 0 Å². The number of carbonyl (C=O) groups is 1. The smallest absolute Gasteiger partial charge is 0.237 e. The molecule has 1 aliphatic heterocycles. The SMILES string of the molecule is CN1C(=O)C2(CC2)c2cc(NO)ccc21. The summed E-state index contributed by atoms with van der Waals surface area (Å²) < 4.78 is 0. The molecule has 3 rings (SSSR count). The van der Waals surface area contributed by atoms with Crippen molar-refractivity contribution in [2.24, 2.45) is 0 Å². The number of anilines is 2. The number of amides is 1. The molecule has 1 saturated carbocycles. The topological polar surface area (TPSA) is 52.6 Å². The van der Waals surface area contributed by atoms with Crippen molar-refractivity contribution in [1.29, 1.82) is 0 Å². The van der Waals surface area contributed by atoms with E-state index in [4.69, 9.17) is 5.21 Å². The van der Waals surface area contributed by atoms with Gasteiger partial charge in [-0.2, -0.15) is 0 Å². The third-order valence-corrected chi connectivity index (χ3v) is 3.47. The Morgan fingerprint density at radius 3 is 2.80 bits per heavy atom. The van der Waals surface area contributed by atoms with Crippen molar-refractivity contribution in [1.82, 2.24) is 0 Å². The second-order valence-electron chi connectivity index (χ2n) is 4.29. The summed E-state index contributed by atoms with van der Waals surface area (Å²) in [7, 11) is 1.81. The van der Waals surface area contributed by atoms with Crippen LogP contribution in [0, 0.1) is 0 Å². The largest absolute Gasteiger partial charge is 0.314 e. The van der Waals surface area contributed by atoms with Crippen molar-refractivity contribution >= 4 is 17.3 Å². The standard InChI is InChI=1S/C11H12N2O2/c1-13-9-3-2-7(12-15)6-8(9)11(4-5-11)10(13)14/h2-3,6,12,15H,4-5H2,1H3. The van der Waals surface area contributed by atoms with Crippen LogP contribution in [0.1, 0.15) is 18.4 Å². The minimum atomic E-state index is -0.267. The molecular weight excluding hydrogens is 192 g/mol. The molecule has 0 unspecified atom stereocenters. The molecule has 4 heteroatoms. The Hall–Kier alpha value is -1.55. The van der Waals surface area contributed by atoms with Crippen molar-refractivity contribution in [3.05, 3.63) is 23.8 Å². The molecule has 0 radical (unpaired) electrons. The van der Waals surface area contributed by atoms with E-state index < -0.39 is 0 Å². The minimum Gasteiger partial charge on any atom is -0.314 e. The van der Waals surface area contributed by atoms with Gasteiger partial charge in [-0.3, -0.25) is 15.5 Å². The monoisotopic (exact) mass is 204 g/mol. The number of fused-ring (bicyclic) bond motifs is 2. The summed E-state index contributed by atoms with van der Waals surface area (Å²) in [6.07, 6.45) is 1.86. The highest BCUT2D eigenvalue weighted by molar-refractivity contribution is 6.10. The summed E-state index contributed by atoms with van der Waals surface area (Å²) in [6.45, 7) is 0. The first-order valence-corrected chi connectivity index (χ1v) is 5.02. The zero-order chi connectivity index (χ0) is 10.6. The molecule has 0 atom stereocenters. The summed E-state index contributed by atoms with van der Waals surface area (Å²) in [4.78, 5) is 13.7. The van der Waals surface area contributed by atoms with Crippen molar-refractivity contribution in [2.75, 3.05) is 17.4 Å². The second kappa shape index (κ2) is 2.52. The molecule has 1 aromatic carbocycles. The fraction of sp³-hybridized carbons (Fsp3) is 0.364. The van der Waals surface area contributed by atoms with Crippen LogP contribution in [0.3, 0.4) is 0 Å². The first-order chi connectivity index (χ1) is 7.19. The number of benzene rings is 1. The Bertz CT molecular complexity index is 452. The fourth-order valence-electron chi connectivity index (χ4n) is 2.44. The summed E-state index contributed by atoms with van der Waals surface area (Å²) in [5.74, 6) is 0.188. The molecule has 1 aromatic rings. The van der Waals surface area contributed by atoms with Gasteiger partial charge in [-0.25, -0.2) is 0 Å². The van der Waals surface area contributed by atoms with Crippen LogP contribution < -0.4 is 10.4 Å². The number of hydrogen-bond donors (Lipinski definition) is 2. The lowest BCUT2D eigenvalue weighted by Gasteiger charge is -2.09. The maximum absolute atomic E-state index is 12.0. The van der Waals surface area contributed by atoms with E-state index in [9.17, 15) is 4.79 Å². The van der Waals surface area contributed by atoms with Crippen molar-refractivity contribution in [2.45, 2.75) is 18.3 Å². The molecule has 0 aromatic heterocycles. The molecule has 1 amide bonds. The highest BCUT2D eigenvalue weighted by atomic mass is 16.5. The number of nitrogens with one attached hydrogen (secondary N) is 1. The summed E-state index contributed by atoms with van der Waals surface area (Å²) in [5.41, 5.74) is 4.52. The first kappa shape index (κ1) is 8.73. The van der Waals surface area contributed by atoms with Gasteiger partial charge in [0, 0.05) is 12.7 Å². The van der Waals surface area contributed by atoms with Crippen LogP contribution in [-0.2, 0) is 10.2 Å². The van der Waals surface area contributed by atoms with Crippen LogP contribution in [0.15, 0.2) is 18.2 Å². The lowest BCUT2D eigenvalue weighted by Crippen LogP contribution is -2.27. The lowest BCUT2D eigenvalue weighted by molar-refractivity contribution is -0.119. The predicted octanol–water partition coefficient (Wildman–Crippen LogP) is 1.50. The van der Waals surface area contributed by atoms with Gasteiger partial charge in [0.1, 0.15) is 0 Å². The van der Waals surface area contributed by atoms with E-state index in [-0.39, 0.29) is 11.3 Å². The Morgan fingerprint density at radius 1 is 1.47 bits per heavy atom. The molecular formula is C11H12N2O2. The van der Waals surface area contributed by atoms with Gasteiger partial charge in [0.15, 0.2) is 0 Å². The molecule has 1 fully saturated rings. The second-order valence-corrected chi connectivity index (χ2v) is 4.29. The summed E-state index contributed by atoms with van der Waals surface area (Å²) in [5, 5.41) is 8.84. The number of nitrogens with zero attached hydrogens (tertiary/aromatic N) is 1. The Kier molecular flexibility index (Phi) is 1.47. The van der Waals surface area contributed by atoms with Gasteiger partial charge in [0.25, 0.3) is 0 Å². The number of hydrogen-bond acceptors (Lipinski definition) is 3. The maximum atomic E-state index is 12.0. The van der Waals surface area contributed by atoms with Gasteiger partial charge < -0.3 is 4.90 Å². The molecule has 2 N–H and O–H groups in total. The van der Waals surface area contributed by atoms with E-state index in [1.807, 2.05) is 12.1 Å². The van der Waals surface area contributed by atoms with E-state index in [1.165, 1.54) is 0 Å².